The van der Waals surface area contributed by atoms with Crippen molar-refractivity contribution in [3.05, 3.63) is 17.0 Å². The van der Waals surface area contributed by atoms with E-state index in [4.69, 9.17) is 11.6 Å². The van der Waals surface area contributed by atoms with Gasteiger partial charge in [-0.15, -0.1) is 0 Å². The van der Waals surface area contributed by atoms with Gasteiger partial charge in [-0.05, 0) is 37.5 Å². The first-order valence-corrected chi connectivity index (χ1v) is 8.04. The second-order valence-electron chi connectivity index (χ2n) is 6.72. The van der Waals surface area contributed by atoms with Crippen molar-refractivity contribution in [2.45, 2.75) is 65.3 Å². The summed E-state index contributed by atoms with van der Waals surface area (Å²) in [5.74, 6) is 1.02. The van der Waals surface area contributed by atoms with E-state index in [9.17, 15) is 0 Å². The lowest BCUT2D eigenvalue weighted by atomic mass is 9.75. The molecule has 1 heterocycles. The second kappa shape index (κ2) is 6.30. The molecule has 0 unspecified atom stereocenters. The van der Waals surface area contributed by atoms with Gasteiger partial charge in [-0.3, -0.25) is 0 Å². The molecule has 1 aromatic rings. The summed E-state index contributed by atoms with van der Waals surface area (Å²) < 4.78 is 0. The van der Waals surface area contributed by atoms with Gasteiger partial charge in [0.2, 0.25) is 0 Å². The first-order chi connectivity index (χ1) is 9.44. The quantitative estimate of drug-likeness (QED) is 0.767. The molecule has 0 N–H and O–H groups in total. The summed E-state index contributed by atoms with van der Waals surface area (Å²) in [6.07, 6.45) is 8.62. The molecule has 0 aliphatic heterocycles. The van der Waals surface area contributed by atoms with Crippen molar-refractivity contribution in [3.8, 4) is 0 Å². The third-order valence-electron chi connectivity index (χ3n) is 4.56. The molecule has 1 aliphatic carbocycles. The van der Waals surface area contributed by atoms with Crippen LogP contribution in [0, 0.1) is 5.41 Å². The van der Waals surface area contributed by atoms with Crippen molar-refractivity contribution in [2.75, 3.05) is 11.9 Å². The number of nitrogens with zero attached hydrogens (tertiary/aromatic N) is 3. The monoisotopic (exact) mass is 295 g/mol. The molecule has 3 nitrogen and oxygen atoms in total. The van der Waals surface area contributed by atoms with Crippen molar-refractivity contribution in [3.63, 3.8) is 0 Å². The van der Waals surface area contributed by atoms with Gasteiger partial charge in [0.25, 0.3) is 0 Å². The fraction of sp³-hybridized carbons (Fsp3) is 0.750. The molecule has 0 aromatic carbocycles. The van der Waals surface area contributed by atoms with Gasteiger partial charge in [-0.1, -0.05) is 38.8 Å². The summed E-state index contributed by atoms with van der Waals surface area (Å²) in [4.78, 5) is 11.0. The fourth-order valence-electron chi connectivity index (χ4n) is 3.10. The Morgan fingerprint density at radius 3 is 2.55 bits per heavy atom. The Balaban J connectivity index is 2.17. The van der Waals surface area contributed by atoms with E-state index in [1.807, 2.05) is 0 Å². The highest BCUT2D eigenvalue weighted by atomic mass is 35.5. The Labute approximate surface area is 127 Å². The van der Waals surface area contributed by atoms with Crippen LogP contribution in [-0.4, -0.2) is 23.1 Å². The minimum atomic E-state index is 0.493. The molecule has 0 amide bonds. The zero-order valence-corrected chi connectivity index (χ0v) is 13.9. The lowest BCUT2D eigenvalue weighted by molar-refractivity contribution is 0.222. The number of hydrogen-bond donors (Lipinski definition) is 0. The molecule has 112 valence electrons. The Morgan fingerprint density at radius 1 is 1.30 bits per heavy atom. The Morgan fingerprint density at radius 2 is 1.95 bits per heavy atom. The molecule has 0 bridgehead atoms. The van der Waals surface area contributed by atoms with Crippen molar-refractivity contribution in [1.82, 2.24) is 9.97 Å². The SMILES string of the molecule is CCCc1c(Cl)ncnc1N(C)C1CCC(C)(C)CC1. The number of anilines is 1. The van der Waals surface area contributed by atoms with E-state index in [0.717, 1.165) is 24.2 Å². The molecule has 1 aromatic heterocycles. The fourth-order valence-corrected chi connectivity index (χ4v) is 3.32. The average Bonchev–Trinajstić information content (AvgIpc) is 2.40. The highest BCUT2D eigenvalue weighted by Crippen LogP contribution is 2.38. The number of aromatic nitrogens is 2. The third-order valence-corrected chi connectivity index (χ3v) is 4.89. The van der Waals surface area contributed by atoms with Gasteiger partial charge in [0.05, 0.1) is 0 Å². The summed E-state index contributed by atoms with van der Waals surface area (Å²) in [5, 5.41) is 0.611. The van der Waals surface area contributed by atoms with Crippen molar-refractivity contribution >= 4 is 17.4 Å². The maximum Gasteiger partial charge on any atom is 0.137 e. The predicted molar refractivity (Wildman–Crippen MR) is 85.5 cm³/mol. The van der Waals surface area contributed by atoms with Crippen LogP contribution in [0.1, 0.15) is 58.4 Å². The molecular weight excluding hydrogens is 270 g/mol. The van der Waals surface area contributed by atoms with Crippen LogP contribution in [0.3, 0.4) is 0 Å². The Hall–Kier alpha value is -0.830. The largest absolute Gasteiger partial charge is 0.356 e. The summed E-state index contributed by atoms with van der Waals surface area (Å²) in [5.41, 5.74) is 1.59. The first kappa shape index (κ1) is 15.6. The lowest BCUT2D eigenvalue weighted by Gasteiger charge is -2.39. The van der Waals surface area contributed by atoms with E-state index in [-0.39, 0.29) is 0 Å². The van der Waals surface area contributed by atoms with Crippen LogP contribution in [0.5, 0.6) is 0 Å². The van der Waals surface area contributed by atoms with Crippen molar-refractivity contribution in [1.29, 1.82) is 0 Å². The zero-order valence-electron chi connectivity index (χ0n) is 13.1. The predicted octanol–water partition coefficient (Wildman–Crippen LogP) is 4.49. The molecule has 1 saturated carbocycles. The molecule has 0 radical (unpaired) electrons. The van der Waals surface area contributed by atoms with E-state index < -0.39 is 0 Å². The minimum absolute atomic E-state index is 0.493. The maximum absolute atomic E-state index is 6.26. The molecule has 1 fully saturated rings. The van der Waals surface area contributed by atoms with Crippen LogP contribution in [0.25, 0.3) is 0 Å². The molecule has 2 rings (SSSR count). The smallest absolute Gasteiger partial charge is 0.137 e. The molecule has 4 heteroatoms. The normalized spacial score (nSPS) is 19.1. The molecule has 0 spiro atoms. The molecular formula is C16H26ClN3. The second-order valence-corrected chi connectivity index (χ2v) is 7.08. The van der Waals surface area contributed by atoms with Gasteiger partial charge in [0, 0.05) is 18.7 Å². The van der Waals surface area contributed by atoms with Crippen LogP contribution in [0.2, 0.25) is 5.15 Å². The topological polar surface area (TPSA) is 29.0 Å². The van der Waals surface area contributed by atoms with E-state index >= 15 is 0 Å². The van der Waals surface area contributed by atoms with Gasteiger partial charge < -0.3 is 4.90 Å². The van der Waals surface area contributed by atoms with Crippen LogP contribution in [0.15, 0.2) is 6.33 Å². The standard InChI is InChI=1S/C16H26ClN3/c1-5-6-13-14(17)18-11-19-15(13)20(4)12-7-9-16(2,3)10-8-12/h11-12H,5-10H2,1-4H3. The van der Waals surface area contributed by atoms with E-state index in [0.29, 0.717) is 16.6 Å². The van der Waals surface area contributed by atoms with Gasteiger partial charge in [0.15, 0.2) is 0 Å². The maximum atomic E-state index is 6.26. The van der Waals surface area contributed by atoms with Crippen molar-refractivity contribution in [2.24, 2.45) is 5.41 Å². The van der Waals surface area contributed by atoms with E-state index in [1.54, 1.807) is 6.33 Å². The van der Waals surface area contributed by atoms with Crippen LogP contribution in [0.4, 0.5) is 5.82 Å². The summed E-state index contributed by atoms with van der Waals surface area (Å²) in [6.45, 7) is 6.90. The first-order valence-electron chi connectivity index (χ1n) is 7.67. The molecule has 0 atom stereocenters. The minimum Gasteiger partial charge on any atom is -0.356 e. The molecule has 0 saturated heterocycles. The van der Waals surface area contributed by atoms with Crippen LogP contribution >= 0.6 is 11.6 Å². The van der Waals surface area contributed by atoms with Gasteiger partial charge in [0.1, 0.15) is 17.3 Å². The van der Waals surface area contributed by atoms with Crippen molar-refractivity contribution < 1.29 is 0 Å². The van der Waals surface area contributed by atoms with E-state index in [2.05, 4.69) is 42.7 Å². The summed E-state index contributed by atoms with van der Waals surface area (Å²) in [7, 11) is 2.15. The van der Waals surface area contributed by atoms with Crippen LogP contribution < -0.4 is 4.90 Å². The highest BCUT2D eigenvalue weighted by molar-refractivity contribution is 6.30. The number of halogens is 1. The number of rotatable bonds is 4. The van der Waals surface area contributed by atoms with Crippen LogP contribution in [-0.2, 0) is 6.42 Å². The third kappa shape index (κ3) is 3.43. The van der Waals surface area contributed by atoms with Gasteiger partial charge in [-0.2, -0.15) is 0 Å². The average molecular weight is 296 g/mol. The van der Waals surface area contributed by atoms with E-state index in [1.165, 1.54) is 25.7 Å². The molecule has 1 aliphatic rings. The summed E-state index contributed by atoms with van der Waals surface area (Å²) >= 11 is 6.26. The molecule has 20 heavy (non-hydrogen) atoms. The zero-order chi connectivity index (χ0) is 14.8. The van der Waals surface area contributed by atoms with Gasteiger partial charge >= 0.3 is 0 Å². The Bertz CT molecular complexity index is 449. The summed E-state index contributed by atoms with van der Waals surface area (Å²) in [6, 6.07) is 0.574. The number of hydrogen-bond acceptors (Lipinski definition) is 3. The lowest BCUT2D eigenvalue weighted by Crippen LogP contribution is -2.38. The Kier molecular flexibility index (Phi) is 4.90. The van der Waals surface area contributed by atoms with Gasteiger partial charge in [-0.25, -0.2) is 9.97 Å². The highest BCUT2D eigenvalue weighted by Gasteiger charge is 2.30.